The zero-order valence-electron chi connectivity index (χ0n) is 18.9. The van der Waals surface area contributed by atoms with Crippen LogP contribution in [0.5, 0.6) is 0 Å². The van der Waals surface area contributed by atoms with E-state index in [9.17, 15) is 13.2 Å². The summed E-state index contributed by atoms with van der Waals surface area (Å²) in [6.45, 7) is -0.281. The number of hydrogen-bond donors (Lipinski definition) is 1. The van der Waals surface area contributed by atoms with Crippen LogP contribution in [-0.2, 0) is 21.4 Å². The van der Waals surface area contributed by atoms with Crippen molar-refractivity contribution in [2.75, 3.05) is 6.54 Å². The lowest BCUT2D eigenvalue weighted by atomic mass is 9.99. The number of benzene rings is 4. The fourth-order valence-corrected chi connectivity index (χ4v) is 5.30. The van der Waals surface area contributed by atoms with Crippen LogP contribution in [0.2, 0.25) is 5.02 Å². The molecule has 7 heteroatoms. The van der Waals surface area contributed by atoms with Gasteiger partial charge in [0.15, 0.2) is 0 Å². The SMILES string of the molecule is O=C(CN(Cc1ccccc1)S(=O)(=O)c1ccc(Cl)cc1)NC(c1ccccc1)c1ccccc1. The topological polar surface area (TPSA) is 66.5 Å². The first-order valence-electron chi connectivity index (χ1n) is 11.1. The first-order chi connectivity index (χ1) is 16.9. The Morgan fingerprint density at radius 2 is 1.23 bits per heavy atom. The van der Waals surface area contributed by atoms with Crippen LogP contribution >= 0.6 is 11.6 Å². The predicted molar refractivity (Wildman–Crippen MR) is 138 cm³/mol. The molecule has 0 fully saturated rings. The van der Waals surface area contributed by atoms with E-state index in [1.165, 1.54) is 28.6 Å². The van der Waals surface area contributed by atoms with Crippen molar-refractivity contribution in [3.63, 3.8) is 0 Å². The first kappa shape index (κ1) is 24.7. The van der Waals surface area contributed by atoms with Gasteiger partial charge in [-0.15, -0.1) is 0 Å². The van der Waals surface area contributed by atoms with Gasteiger partial charge in [-0.2, -0.15) is 4.31 Å². The minimum absolute atomic E-state index is 0.0561. The molecule has 0 saturated heterocycles. The number of nitrogens with zero attached hydrogens (tertiary/aromatic N) is 1. The van der Waals surface area contributed by atoms with E-state index in [0.29, 0.717) is 5.02 Å². The van der Waals surface area contributed by atoms with E-state index in [1.54, 1.807) is 0 Å². The summed E-state index contributed by atoms with van der Waals surface area (Å²) in [5.41, 5.74) is 2.59. The van der Waals surface area contributed by atoms with Gasteiger partial charge in [-0.3, -0.25) is 4.79 Å². The average molecular weight is 505 g/mol. The molecule has 0 bridgehead atoms. The number of sulfonamides is 1. The molecular formula is C28H25ClN2O3S. The molecule has 4 rings (SSSR count). The Morgan fingerprint density at radius 3 is 1.74 bits per heavy atom. The molecule has 5 nitrogen and oxygen atoms in total. The number of carbonyl (C=O) groups excluding carboxylic acids is 1. The maximum atomic E-state index is 13.5. The number of halogens is 1. The van der Waals surface area contributed by atoms with Crippen molar-refractivity contribution in [3.8, 4) is 0 Å². The van der Waals surface area contributed by atoms with Gasteiger partial charge in [0.2, 0.25) is 15.9 Å². The van der Waals surface area contributed by atoms with Crippen molar-refractivity contribution in [1.29, 1.82) is 0 Å². The molecule has 0 atom stereocenters. The normalized spacial score (nSPS) is 11.5. The molecule has 1 amide bonds. The van der Waals surface area contributed by atoms with Gasteiger partial charge in [-0.25, -0.2) is 8.42 Å². The van der Waals surface area contributed by atoms with Gasteiger partial charge in [0.1, 0.15) is 0 Å². The van der Waals surface area contributed by atoms with Crippen LogP contribution in [-0.4, -0.2) is 25.2 Å². The second-order valence-corrected chi connectivity index (χ2v) is 10.4. The number of amides is 1. The van der Waals surface area contributed by atoms with Gasteiger partial charge in [0.05, 0.1) is 17.5 Å². The maximum absolute atomic E-state index is 13.5. The fourth-order valence-electron chi connectivity index (χ4n) is 3.79. The smallest absolute Gasteiger partial charge is 0.243 e. The Bertz CT molecular complexity index is 1310. The molecule has 35 heavy (non-hydrogen) atoms. The van der Waals surface area contributed by atoms with Crippen LogP contribution in [0.1, 0.15) is 22.7 Å². The Labute approximate surface area is 211 Å². The highest BCUT2D eigenvalue weighted by Crippen LogP contribution is 2.23. The van der Waals surface area contributed by atoms with Gasteiger partial charge >= 0.3 is 0 Å². The number of nitrogens with one attached hydrogen (secondary N) is 1. The molecule has 0 aromatic heterocycles. The van der Waals surface area contributed by atoms with E-state index in [4.69, 9.17) is 11.6 Å². The Balaban J connectivity index is 1.62. The van der Waals surface area contributed by atoms with Crippen LogP contribution in [0, 0.1) is 0 Å². The van der Waals surface area contributed by atoms with E-state index in [0.717, 1.165) is 16.7 Å². The third-order valence-corrected chi connectivity index (χ3v) is 7.60. The zero-order valence-corrected chi connectivity index (χ0v) is 20.5. The van der Waals surface area contributed by atoms with Crippen molar-refractivity contribution in [2.45, 2.75) is 17.5 Å². The van der Waals surface area contributed by atoms with Crippen LogP contribution in [0.4, 0.5) is 0 Å². The van der Waals surface area contributed by atoms with Crippen LogP contribution in [0.3, 0.4) is 0 Å². The van der Waals surface area contributed by atoms with Crippen molar-refractivity contribution in [3.05, 3.63) is 137 Å². The highest BCUT2D eigenvalue weighted by Gasteiger charge is 2.28. The second kappa shape index (κ2) is 11.3. The molecule has 0 aliphatic rings. The first-order valence-corrected chi connectivity index (χ1v) is 12.9. The van der Waals surface area contributed by atoms with Crippen molar-refractivity contribution in [2.24, 2.45) is 0 Å². The summed E-state index contributed by atoms with van der Waals surface area (Å²) in [6, 6.07) is 33.9. The largest absolute Gasteiger partial charge is 0.344 e. The summed E-state index contributed by atoms with van der Waals surface area (Å²) in [6.07, 6.45) is 0. The minimum atomic E-state index is -3.96. The highest BCUT2D eigenvalue weighted by molar-refractivity contribution is 7.89. The summed E-state index contributed by atoms with van der Waals surface area (Å²) in [5, 5.41) is 3.47. The minimum Gasteiger partial charge on any atom is -0.344 e. The predicted octanol–water partition coefficient (Wildman–Crippen LogP) is 5.44. The maximum Gasteiger partial charge on any atom is 0.243 e. The molecule has 0 saturated carbocycles. The van der Waals surface area contributed by atoms with Crippen LogP contribution in [0.25, 0.3) is 0 Å². The van der Waals surface area contributed by atoms with Gasteiger partial charge in [-0.05, 0) is 41.0 Å². The van der Waals surface area contributed by atoms with Gasteiger partial charge in [-0.1, -0.05) is 103 Å². The summed E-state index contributed by atoms with van der Waals surface area (Å²) in [4.78, 5) is 13.4. The lowest BCUT2D eigenvalue weighted by molar-refractivity contribution is -0.121. The van der Waals surface area contributed by atoms with Crippen molar-refractivity contribution < 1.29 is 13.2 Å². The second-order valence-electron chi connectivity index (χ2n) is 8.03. The van der Waals surface area contributed by atoms with Crippen LogP contribution in [0.15, 0.2) is 120 Å². The standard InChI is InChI=1S/C28H25ClN2O3S/c29-25-16-18-26(19-17-25)35(33,34)31(20-22-10-4-1-5-11-22)21-27(32)30-28(23-12-6-2-7-13-23)24-14-8-3-9-15-24/h1-19,28H,20-21H2,(H,30,32). The molecule has 178 valence electrons. The number of rotatable bonds is 9. The summed E-state index contributed by atoms with van der Waals surface area (Å²) >= 11 is 5.96. The molecule has 4 aromatic rings. The van der Waals surface area contributed by atoms with E-state index in [1.807, 2.05) is 91.0 Å². The third kappa shape index (κ3) is 6.36. The summed E-state index contributed by atoms with van der Waals surface area (Å²) in [7, 11) is -3.96. The van der Waals surface area contributed by atoms with Crippen LogP contribution < -0.4 is 5.32 Å². The summed E-state index contributed by atoms with van der Waals surface area (Å²) < 4.78 is 28.2. The molecule has 1 N–H and O–H groups in total. The lowest BCUT2D eigenvalue weighted by Gasteiger charge is -2.25. The molecule has 0 unspecified atom stereocenters. The van der Waals surface area contributed by atoms with Crippen molar-refractivity contribution >= 4 is 27.5 Å². The molecule has 0 heterocycles. The van der Waals surface area contributed by atoms with Gasteiger partial charge in [0.25, 0.3) is 0 Å². The molecular weight excluding hydrogens is 480 g/mol. The molecule has 0 aliphatic heterocycles. The lowest BCUT2D eigenvalue weighted by Crippen LogP contribution is -2.41. The summed E-state index contributed by atoms with van der Waals surface area (Å²) in [5.74, 6) is -0.406. The quantitative estimate of drug-likeness (QED) is 0.330. The number of hydrogen-bond acceptors (Lipinski definition) is 3. The van der Waals surface area contributed by atoms with E-state index < -0.39 is 22.0 Å². The molecule has 0 aliphatic carbocycles. The van der Waals surface area contributed by atoms with Gasteiger partial charge in [0, 0.05) is 11.6 Å². The molecule has 0 spiro atoms. The Hall–Kier alpha value is -3.45. The Kier molecular flexibility index (Phi) is 7.98. The molecule has 4 aromatic carbocycles. The van der Waals surface area contributed by atoms with Gasteiger partial charge < -0.3 is 5.32 Å². The van der Waals surface area contributed by atoms with E-state index in [-0.39, 0.29) is 18.0 Å². The fraction of sp³-hybridized carbons (Fsp3) is 0.107. The van der Waals surface area contributed by atoms with E-state index in [2.05, 4.69) is 5.32 Å². The zero-order chi connectivity index (χ0) is 24.7. The highest BCUT2D eigenvalue weighted by atomic mass is 35.5. The van der Waals surface area contributed by atoms with Crippen molar-refractivity contribution in [1.82, 2.24) is 9.62 Å². The average Bonchev–Trinajstić information content (AvgIpc) is 2.89. The monoisotopic (exact) mass is 504 g/mol. The Morgan fingerprint density at radius 1 is 0.743 bits per heavy atom. The number of carbonyl (C=O) groups is 1. The molecule has 0 radical (unpaired) electrons. The van der Waals surface area contributed by atoms with E-state index >= 15 is 0 Å². The third-order valence-electron chi connectivity index (χ3n) is 5.54.